The van der Waals surface area contributed by atoms with Crippen LogP contribution in [0.1, 0.15) is 25.5 Å². The maximum atomic E-state index is 11.8. The molecule has 0 bridgehead atoms. The van der Waals surface area contributed by atoms with Gasteiger partial charge in [-0.3, -0.25) is 9.59 Å². The van der Waals surface area contributed by atoms with Gasteiger partial charge in [0.05, 0.1) is 0 Å². The van der Waals surface area contributed by atoms with Gasteiger partial charge in [0.15, 0.2) is 6.10 Å². The van der Waals surface area contributed by atoms with E-state index in [0.717, 1.165) is 0 Å². The van der Waals surface area contributed by atoms with E-state index in [1.54, 1.807) is 44.2 Å². The molecule has 18 heavy (non-hydrogen) atoms. The third-order valence-corrected chi connectivity index (χ3v) is 2.63. The molecule has 98 valence electrons. The number of primary amides is 1. The summed E-state index contributed by atoms with van der Waals surface area (Å²) >= 11 is 0. The second-order valence-corrected chi connectivity index (χ2v) is 4.45. The molecule has 0 aliphatic carbocycles. The molecule has 1 aromatic rings. The van der Waals surface area contributed by atoms with Gasteiger partial charge in [-0.15, -0.1) is 0 Å². The molecular formula is C13H18N2O3. The van der Waals surface area contributed by atoms with Crippen LogP contribution in [0.5, 0.6) is 0 Å². The minimum Gasteiger partial charge on any atom is -0.378 e. The number of rotatable bonds is 5. The van der Waals surface area contributed by atoms with E-state index in [0.29, 0.717) is 5.56 Å². The summed E-state index contributed by atoms with van der Waals surface area (Å²) in [4.78, 5) is 23.0. The van der Waals surface area contributed by atoms with Crippen LogP contribution in [-0.2, 0) is 9.59 Å². The number of nitrogens with two attached hydrogens (primary N) is 1. The Balaban J connectivity index is 2.73. The third-order valence-electron chi connectivity index (χ3n) is 2.63. The van der Waals surface area contributed by atoms with E-state index in [1.807, 2.05) is 0 Å². The average Bonchev–Trinajstić information content (AvgIpc) is 2.35. The third kappa shape index (κ3) is 3.56. The first kappa shape index (κ1) is 14.2. The highest BCUT2D eigenvalue weighted by Gasteiger charge is 2.25. The van der Waals surface area contributed by atoms with Gasteiger partial charge in [0.1, 0.15) is 6.04 Å². The Bertz CT molecular complexity index is 418. The SMILES string of the molecule is CC(C)[C@H](NC(=O)[C@@H](O)c1ccccc1)C(N)=O. The van der Waals surface area contributed by atoms with Gasteiger partial charge in [0.2, 0.25) is 5.91 Å². The van der Waals surface area contributed by atoms with Crippen molar-refractivity contribution in [1.82, 2.24) is 5.32 Å². The van der Waals surface area contributed by atoms with Gasteiger partial charge in [-0.1, -0.05) is 44.2 Å². The standard InChI is InChI=1S/C13H18N2O3/c1-8(2)10(12(14)17)15-13(18)11(16)9-6-4-3-5-7-9/h3-8,10-11,16H,1-2H3,(H2,14,17)(H,15,18)/t10-,11-/m0/s1. The van der Waals surface area contributed by atoms with Gasteiger partial charge in [-0.05, 0) is 11.5 Å². The van der Waals surface area contributed by atoms with Crippen molar-refractivity contribution in [1.29, 1.82) is 0 Å². The Labute approximate surface area is 106 Å². The van der Waals surface area contributed by atoms with Crippen LogP contribution >= 0.6 is 0 Å². The number of carbonyl (C=O) groups excluding carboxylic acids is 2. The normalized spacial score (nSPS) is 14.0. The summed E-state index contributed by atoms with van der Waals surface area (Å²) in [6.45, 7) is 3.54. The first-order valence-electron chi connectivity index (χ1n) is 5.76. The molecule has 0 saturated heterocycles. The van der Waals surface area contributed by atoms with Crippen LogP contribution in [-0.4, -0.2) is 23.0 Å². The quantitative estimate of drug-likeness (QED) is 0.704. The van der Waals surface area contributed by atoms with Crippen LogP contribution in [0.2, 0.25) is 0 Å². The minimum absolute atomic E-state index is 0.130. The second-order valence-electron chi connectivity index (χ2n) is 4.45. The Kier molecular flexibility index (Phi) is 4.85. The predicted molar refractivity (Wildman–Crippen MR) is 67.4 cm³/mol. The lowest BCUT2D eigenvalue weighted by Crippen LogP contribution is -2.49. The molecule has 2 atom stereocenters. The summed E-state index contributed by atoms with van der Waals surface area (Å²) in [7, 11) is 0. The van der Waals surface area contributed by atoms with E-state index >= 15 is 0 Å². The first-order valence-corrected chi connectivity index (χ1v) is 5.76. The van der Waals surface area contributed by atoms with Crippen LogP contribution < -0.4 is 11.1 Å². The molecule has 0 spiro atoms. The lowest BCUT2D eigenvalue weighted by molar-refractivity contribution is -0.134. The van der Waals surface area contributed by atoms with E-state index in [2.05, 4.69) is 5.32 Å². The zero-order chi connectivity index (χ0) is 13.7. The summed E-state index contributed by atoms with van der Waals surface area (Å²) in [5.74, 6) is -1.37. The zero-order valence-electron chi connectivity index (χ0n) is 10.5. The fourth-order valence-electron chi connectivity index (χ4n) is 1.59. The van der Waals surface area contributed by atoms with E-state index in [-0.39, 0.29) is 5.92 Å². The predicted octanol–water partition coefficient (Wildman–Crippen LogP) is 0.346. The molecule has 0 aliphatic heterocycles. The van der Waals surface area contributed by atoms with E-state index in [4.69, 9.17) is 5.73 Å². The summed E-state index contributed by atoms with van der Waals surface area (Å²) in [6, 6.07) is 7.72. The second kappa shape index (κ2) is 6.16. The minimum atomic E-state index is -1.30. The number of hydrogen-bond acceptors (Lipinski definition) is 3. The number of benzene rings is 1. The number of nitrogens with one attached hydrogen (secondary N) is 1. The van der Waals surface area contributed by atoms with Crippen molar-refractivity contribution in [3.63, 3.8) is 0 Å². The zero-order valence-corrected chi connectivity index (χ0v) is 10.5. The molecule has 0 radical (unpaired) electrons. The molecule has 0 aromatic heterocycles. The molecule has 4 N–H and O–H groups in total. The highest BCUT2D eigenvalue weighted by Crippen LogP contribution is 2.13. The van der Waals surface area contributed by atoms with Crippen molar-refractivity contribution in [3.05, 3.63) is 35.9 Å². The van der Waals surface area contributed by atoms with Gasteiger partial charge in [0.25, 0.3) is 5.91 Å². The Morgan fingerprint density at radius 2 is 1.78 bits per heavy atom. The highest BCUT2D eigenvalue weighted by molar-refractivity contribution is 5.89. The van der Waals surface area contributed by atoms with Crippen molar-refractivity contribution in [2.45, 2.75) is 26.0 Å². The monoisotopic (exact) mass is 250 g/mol. The van der Waals surface area contributed by atoms with Crippen LogP contribution in [0.15, 0.2) is 30.3 Å². The number of carbonyl (C=O) groups is 2. The topological polar surface area (TPSA) is 92.4 Å². The van der Waals surface area contributed by atoms with Crippen LogP contribution in [0, 0.1) is 5.92 Å². The smallest absolute Gasteiger partial charge is 0.254 e. The molecule has 5 heteroatoms. The largest absolute Gasteiger partial charge is 0.378 e. The number of amides is 2. The fourth-order valence-corrected chi connectivity index (χ4v) is 1.59. The fraction of sp³-hybridized carbons (Fsp3) is 0.385. The molecule has 0 aliphatic rings. The molecule has 0 saturated carbocycles. The van der Waals surface area contributed by atoms with Crippen molar-refractivity contribution in [2.75, 3.05) is 0 Å². The van der Waals surface area contributed by atoms with E-state index in [1.165, 1.54) is 0 Å². The van der Waals surface area contributed by atoms with Gasteiger partial charge in [-0.2, -0.15) is 0 Å². The molecule has 0 heterocycles. The van der Waals surface area contributed by atoms with Crippen LogP contribution in [0.4, 0.5) is 0 Å². The molecule has 2 amide bonds. The van der Waals surface area contributed by atoms with Crippen molar-refractivity contribution in [2.24, 2.45) is 11.7 Å². The summed E-state index contributed by atoms with van der Waals surface area (Å²) in [5.41, 5.74) is 5.66. The van der Waals surface area contributed by atoms with E-state index < -0.39 is 24.0 Å². The van der Waals surface area contributed by atoms with E-state index in [9.17, 15) is 14.7 Å². The van der Waals surface area contributed by atoms with Gasteiger partial charge in [0, 0.05) is 0 Å². The Morgan fingerprint density at radius 1 is 1.22 bits per heavy atom. The number of aliphatic hydroxyl groups excluding tert-OH is 1. The summed E-state index contributed by atoms with van der Waals surface area (Å²) in [5, 5.41) is 12.3. The maximum Gasteiger partial charge on any atom is 0.254 e. The van der Waals surface area contributed by atoms with Crippen molar-refractivity contribution < 1.29 is 14.7 Å². The maximum absolute atomic E-state index is 11.8. The van der Waals surface area contributed by atoms with Gasteiger partial charge >= 0.3 is 0 Å². The van der Waals surface area contributed by atoms with Gasteiger partial charge in [-0.25, -0.2) is 0 Å². The lowest BCUT2D eigenvalue weighted by atomic mass is 10.0. The Hall–Kier alpha value is -1.88. The molecule has 0 fully saturated rings. The first-order chi connectivity index (χ1) is 8.43. The molecule has 0 unspecified atom stereocenters. The Morgan fingerprint density at radius 3 is 2.22 bits per heavy atom. The van der Waals surface area contributed by atoms with Crippen LogP contribution in [0.25, 0.3) is 0 Å². The molecule has 1 aromatic carbocycles. The van der Waals surface area contributed by atoms with Gasteiger partial charge < -0.3 is 16.2 Å². The highest BCUT2D eigenvalue weighted by atomic mass is 16.3. The molecule has 5 nitrogen and oxygen atoms in total. The number of aliphatic hydroxyl groups is 1. The van der Waals surface area contributed by atoms with Crippen LogP contribution in [0.3, 0.4) is 0 Å². The van der Waals surface area contributed by atoms with Crippen molar-refractivity contribution in [3.8, 4) is 0 Å². The molecule has 1 rings (SSSR count). The lowest BCUT2D eigenvalue weighted by Gasteiger charge is -2.21. The average molecular weight is 250 g/mol. The van der Waals surface area contributed by atoms with Crippen molar-refractivity contribution >= 4 is 11.8 Å². The molecular weight excluding hydrogens is 232 g/mol. The summed E-state index contributed by atoms with van der Waals surface area (Å²) in [6.07, 6.45) is -1.30. The summed E-state index contributed by atoms with van der Waals surface area (Å²) < 4.78 is 0. The number of hydrogen-bond donors (Lipinski definition) is 3.